The highest BCUT2D eigenvalue weighted by molar-refractivity contribution is 5.34. The SMILES string of the molecule is CCOC(c1ccccc1)C(NC)c1ccc(C)c(C)c1. The van der Waals surface area contributed by atoms with E-state index in [2.05, 4.69) is 61.6 Å². The molecule has 2 nitrogen and oxygen atoms in total. The first-order valence-corrected chi connectivity index (χ1v) is 7.58. The Labute approximate surface area is 128 Å². The topological polar surface area (TPSA) is 21.3 Å². The van der Waals surface area contributed by atoms with Gasteiger partial charge >= 0.3 is 0 Å². The van der Waals surface area contributed by atoms with Crippen LogP contribution in [0.1, 0.15) is 41.3 Å². The zero-order valence-electron chi connectivity index (χ0n) is 13.4. The molecule has 0 saturated heterocycles. The first-order valence-electron chi connectivity index (χ1n) is 7.58. The monoisotopic (exact) mass is 283 g/mol. The van der Waals surface area contributed by atoms with Crippen LogP contribution in [0.3, 0.4) is 0 Å². The van der Waals surface area contributed by atoms with E-state index >= 15 is 0 Å². The third-order valence-corrected chi connectivity index (χ3v) is 3.98. The number of hydrogen-bond acceptors (Lipinski definition) is 2. The van der Waals surface area contributed by atoms with Crippen LogP contribution in [0.2, 0.25) is 0 Å². The quantitative estimate of drug-likeness (QED) is 0.851. The van der Waals surface area contributed by atoms with Crippen LogP contribution < -0.4 is 5.32 Å². The Balaban J connectivity index is 2.37. The van der Waals surface area contributed by atoms with Gasteiger partial charge in [-0.15, -0.1) is 0 Å². The van der Waals surface area contributed by atoms with Gasteiger partial charge in [-0.3, -0.25) is 0 Å². The zero-order valence-corrected chi connectivity index (χ0v) is 13.4. The minimum absolute atomic E-state index is 0.0170. The second-order valence-electron chi connectivity index (χ2n) is 5.40. The van der Waals surface area contributed by atoms with Gasteiger partial charge in [-0.05, 0) is 50.1 Å². The van der Waals surface area contributed by atoms with Crippen LogP contribution in [0.25, 0.3) is 0 Å². The highest BCUT2D eigenvalue weighted by Gasteiger charge is 2.24. The Kier molecular flexibility index (Phi) is 5.54. The van der Waals surface area contributed by atoms with Gasteiger partial charge in [0.25, 0.3) is 0 Å². The molecule has 0 fully saturated rings. The maximum atomic E-state index is 6.04. The van der Waals surface area contributed by atoms with Gasteiger partial charge in [-0.1, -0.05) is 48.5 Å². The number of aryl methyl sites for hydroxylation is 2. The molecule has 2 rings (SSSR count). The Morgan fingerprint density at radius 3 is 2.24 bits per heavy atom. The summed E-state index contributed by atoms with van der Waals surface area (Å²) in [5.41, 5.74) is 5.11. The summed E-state index contributed by atoms with van der Waals surface area (Å²) in [6.07, 6.45) is 0.0170. The molecule has 2 aromatic rings. The van der Waals surface area contributed by atoms with Crippen LogP contribution in [-0.2, 0) is 4.74 Å². The van der Waals surface area contributed by atoms with Crippen molar-refractivity contribution in [1.29, 1.82) is 0 Å². The largest absolute Gasteiger partial charge is 0.372 e. The highest BCUT2D eigenvalue weighted by Crippen LogP contribution is 2.32. The van der Waals surface area contributed by atoms with Crippen LogP contribution in [0.5, 0.6) is 0 Å². The Hall–Kier alpha value is -1.64. The molecule has 0 spiro atoms. The van der Waals surface area contributed by atoms with Crippen LogP contribution in [-0.4, -0.2) is 13.7 Å². The summed E-state index contributed by atoms with van der Waals surface area (Å²) in [5.74, 6) is 0. The molecular weight excluding hydrogens is 258 g/mol. The normalized spacial score (nSPS) is 13.9. The molecule has 0 saturated carbocycles. The van der Waals surface area contributed by atoms with Crippen molar-refractivity contribution in [3.05, 3.63) is 70.8 Å². The van der Waals surface area contributed by atoms with Crippen molar-refractivity contribution in [2.45, 2.75) is 32.9 Å². The smallest absolute Gasteiger partial charge is 0.102 e. The molecule has 112 valence electrons. The van der Waals surface area contributed by atoms with Crippen molar-refractivity contribution in [2.75, 3.05) is 13.7 Å². The van der Waals surface area contributed by atoms with Crippen molar-refractivity contribution in [2.24, 2.45) is 0 Å². The van der Waals surface area contributed by atoms with Crippen molar-refractivity contribution in [3.63, 3.8) is 0 Å². The van der Waals surface area contributed by atoms with E-state index in [1.165, 1.54) is 22.3 Å². The van der Waals surface area contributed by atoms with Crippen LogP contribution in [0.4, 0.5) is 0 Å². The Morgan fingerprint density at radius 2 is 1.67 bits per heavy atom. The van der Waals surface area contributed by atoms with Gasteiger partial charge < -0.3 is 10.1 Å². The summed E-state index contributed by atoms with van der Waals surface area (Å²) in [4.78, 5) is 0. The molecule has 1 N–H and O–H groups in total. The van der Waals surface area contributed by atoms with E-state index in [1.54, 1.807) is 0 Å². The molecular formula is C19H25NO. The van der Waals surface area contributed by atoms with Crippen LogP contribution >= 0.6 is 0 Å². The maximum Gasteiger partial charge on any atom is 0.102 e. The predicted octanol–water partition coefficient (Wildman–Crippen LogP) is 4.34. The molecule has 0 radical (unpaired) electrons. The molecule has 2 aromatic carbocycles. The molecule has 0 aliphatic rings. The number of benzene rings is 2. The second kappa shape index (κ2) is 7.39. The van der Waals surface area contributed by atoms with Crippen LogP contribution in [0, 0.1) is 13.8 Å². The predicted molar refractivity (Wildman–Crippen MR) is 88.5 cm³/mol. The minimum Gasteiger partial charge on any atom is -0.372 e. The minimum atomic E-state index is 0.0170. The average molecular weight is 283 g/mol. The summed E-state index contributed by atoms with van der Waals surface area (Å²) in [5, 5.41) is 3.42. The lowest BCUT2D eigenvalue weighted by Crippen LogP contribution is -2.26. The number of likely N-dealkylation sites (N-methyl/N-ethyl adjacent to an activating group) is 1. The Morgan fingerprint density at radius 1 is 0.952 bits per heavy atom. The number of ether oxygens (including phenoxy) is 1. The summed E-state index contributed by atoms with van der Waals surface area (Å²) >= 11 is 0. The van der Waals surface area contributed by atoms with Gasteiger partial charge in [0.1, 0.15) is 6.10 Å². The fraction of sp³-hybridized carbons (Fsp3) is 0.368. The number of nitrogens with one attached hydrogen (secondary N) is 1. The molecule has 0 aliphatic heterocycles. The van der Waals surface area contributed by atoms with Crippen molar-refractivity contribution >= 4 is 0 Å². The van der Waals surface area contributed by atoms with Gasteiger partial charge in [-0.2, -0.15) is 0 Å². The molecule has 0 amide bonds. The van der Waals surface area contributed by atoms with Crippen molar-refractivity contribution in [3.8, 4) is 0 Å². The van der Waals surface area contributed by atoms with Crippen LogP contribution in [0.15, 0.2) is 48.5 Å². The summed E-state index contributed by atoms with van der Waals surface area (Å²) < 4.78 is 6.04. The molecule has 0 aromatic heterocycles. The van der Waals surface area contributed by atoms with E-state index in [-0.39, 0.29) is 12.1 Å². The van der Waals surface area contributed by atoms with E-state index in [1.807, 2.05) is 20.0 Å². The lowest BCUT2D eigenvalue weighted by molar-refractivity contribution is 0.0347. The summed E-state index contributed by atoms with van der Waals surface area (Å²) in [6, 6.07) is 17.2. The third-order valence-electron chi connectivity index (χ3n) is 3.98. The Bertz CT molecular complexity index is 565. The molecule has 0 heterocycles. The van der Waals surface area contributed by atoms with E-state index in [0.717, 1.165) is 0 Å². The van der Waals surface area contributed by atoms with Gasteiger partial charge in [-0.25, -0.2) is 0 Å². The van der Waals surface area contributed by atoms with Crippen molar-refractivity contribution < 1.29 is 4.74 Å². The molecule has 2 atom stereocenters. The summed E-state index contributed by atoms with van der Waals surface area (Å²) in [6.45, 7) is 7.04. The molecule has 0 aliphatic carbocycles. The lowest BCUT2D eigenvalue weighted by Gasteiger charge is -2.28. The molecule has 2 heteroatoms. The number of hydrogen-bond donors (Lipinski definition) is 1. The van der Waals surface area contributed by atoms with E-state index < -0.39 is 0 Å². The highest BCUT2D eigenvalue weighted by atomic mass is 16.5. The van der Waals surface area contributed by atoms with E-state index in [0.29, 0.717) is 6.61 Å². The van der Waals surface area contributed by atoms with E-state index in [9.17, 15) is 0 Å². The third kappa shape index (κ3) is 3.72. The first kappa shape index (κ1) is 15.7. The van der Waals surface area contributed by atoms with Crippen molar-refractivity contribution in [1.82, 2.24) is 5.32 Å². The lowest BCUT2D eigenvalue weighted by atomic mass is 9.93. The molecule has 2 unspecified atom stereocenters. The van der Waals surface area contributed by atoms with E-state index in [4.69, 9.17) is 4.74 Å². The van der Waals surface area contributed by atoms with Gasteiger partial charge in [0.2, 0.25) is 0 Å². The molecule has 0 bridgehead atoms. The number of rotatable bonds is 6. The summed E-state index contributed by atoms with van der Waals surface area (Å²) in [7, 11) is 1.99. The molecule has 21 heavy (non-hydrogen) atoms. The zero-order chi connectivity index (χ0) is 15.2. The standard InChI is InChI=1S/C19H25NO/c1-5-21-19(16-9-7-6-8-10-16)18(20-4)17-12-11-14(2)15(3)13-17/h6-13,18-20H,5H2,1-4H3. The second-order valence-corrected chi connectivity index (χ2v) is 5.40. The van der Waals surface area contributed by atoms with Gasteiger partial charge in [0.15, 0.2) is 0 Å². The fourth-order valence-corrected chi connectivity index (χ4v) is 2.66. The van der Waals surface area contributed by atoms with Gasteiger partial charge in [0, 0.05) is 6.61 Å². The average Bonchev–Trinajstić information content (AvgIpc) is 2.51. The van der Waals surface area contributed by atoms with Gasteiger partial charge in [0.05, 0.1) is 6.04 Å². The fourth-order valence-electron chi connectivity index (χ4n) is 2.66. The first-order chi connectivity index (χ1) is 10.2. The maximum absolute atomic E-state index is 6.04.